The highest BCUT2D eigenvalue weighted by Crippen LogP contribution is 2.44. The summed E-state index contributed by atoms with van der Waals surface area (Å²) in [4.78, 5) is 7.94. The highest BCUT2D eigenvalue weighted by atomic mass is 28.3. The summed E-state index contributed by atoms with van der Waals surface area (Å²) in [5.41, 5.74) is 16.2. The second-order valence-corrected chi connectivity index (χ2v) is 24.8. The van der Waals surface area contributed by atoms with Gasteiger partial charge in [0, 0.05) is 40.4 Å². The normalized spacial score (nSPS) is 16.7. The van der Waals surface area contributed by atoms with Crippen molar-refractivity contribution in [3.05, 3.63) is 136 Å². The highest BCUT2D eigenvalue weighted by Gasteiger charge is 2.40. The fraction of sp³-hybridized carbons (Fsp3) is 0.396. The Morgan fingerprint density at radius 3 is 2.24 bits per heavy atom. The van der Waals surface area contributed by atoms with Gasteiger partial charge >= 0.3 is 0 Å². The first-order valence-corrected chi connectivity index (χ1v) is 25.1. The Labute approximate surface area is 349 Å². The van der Waals surface area contributed by atoms with Crippen molar-refractivity contribution in [1.82, 2.24) is 9.88 Å². The van der Waals surface area contributed by atoms with Crippen molar-refractivity contribution in [2.24, 2.45) is 5.41 Å². The zero-order chi connectivity index (χ0) is 41.8. The Morgan fingerprint density at radius 1 is 0.931 bits per heavy atom. The van der Waals surface area contributed by atoms with Crippen molar-refractivity contribution in [2.75, 3.05) is 0 Å². The van der Waals surface area contributed by atoms with Gasteiger partial charge in [0.05, 0.1) is 19.3 Å². The molecule has 2 unspecified atom stereocenters. The Hall–Kier alpha value is -4.74. The van der Waals surface area contributed by atoms with E-state index in [4.69, 9.17) is 16.0 Å². The molecule has 58 heavy (non-hydrogen) atoms. The SMILES string of the molecule is C=C1C(N(/C=C(\CC)[Si](C)(C)C)C(C)C)C(c2ccccc2)CCc2cc(C)c3c(oc4nc(-c5c(C)cc(C)cc5C)ccc43)c2-c2cc(CC(C)(C)C)cc[n+]21. The number of hydrogen-bond acceptors (Lipinski definition) is 3. The molecular weight excluding hydrogens is 723 g/mol. The minimum atomic E-state index is -1.59. The zero-order valence-electron chi connectivity index (χ0n) is 37.6. The van der Waals surface area contributed by atoms with Gasteiger partial charge in [-0.2, -0.15) is 4.57 Å². The van der Waals surface area contributed by atoms with Crippen molar-refractivity contribution in [2.45, 2.75) is 133 Å². The molecule has 302 valence electrons. The molecule has 2 atom stereocenters. The lowest BCUT2D eigenvalue weighted by Crippen LogP contribution is -2.50. The molecule has 5 heteroatoms. The third-order valence-corrected chi connectivity index (χ3v) is 14.8. The summed E-state index contributed by atoms with van der Waals surface area (Å²) in [6.45, 7) is 35.3. The van der Waals surface area contributed by atoms with E-state index in [1.807, 2.05) is 0 Å². The largest absolute Gasteiger partial charge is 0.437 e. The van der Waals surface area contributed by atoms with Gasteiger partial charge in [-0.25, -0.2) is 4.98 Å². The first-order chi connectivity index (χ1) is 27.4. The molecule has 0 saturated heterocycles. The van der Waals surface area contributed by atoms with Gasteiger partial charge in [-0.05, 0) is 131 Å². The standard InChI is InChI=1S/C53H66N3OSi/c1-15-42(58(12,13)14)32-56(33(2)3)50-38(8)55-26-25-39(31-53(9,10)11)30-46(55)49-41(21-22-43(50)40-19-17-16-18-20-40)29-37(7)48-44-23-24-45(54-52(44)57-51(48)49)47-35(5)27-34(4)28-36(47)6/h16-20,23-30,32-33,43,50H,8,15,21-22,31H2,1-7,9-14H3/q+1/b42-32+. The fourth-order valence-corrected chi connectivity index (χ4v) is 11.4. The molecule has 3 aromatic heterocycles. The summed E-state index contributed by atoms with van der Waals surface area (Å²) in [6.07, 6.45) is 8.74. The molecule has 0 fully saturated rings. The molecule has 0 amide bonds. The van der Waals surface area contributed by atoms with Gasteiger partial charge < -0.3 is 9.32 Å². The zero-order valence-corrected chi connectivity index (χ0v) is 38.6. The molecule has 1 aliphatic heterocycles. The Morgan fingerprint density at radius 2 is 1.62 bits per heavy atom. The Balaban J connectivity index is 1.54. The fourth-order valence-electron chi connectivity index (χ4n) is 9.83. The average Bonchev–Trinajstić information content (AvgIpc) is 3.53. The van der Waals surface area contributed by atoms with E-state index in [0.29, 0.717) is 5.71 Å². The van der Waals surface area contributed by atoms with E-state index in [9.17, 15) is 0 Å². The number of benzene rings is 3. The maximum absolute atomic E-state index is 7.13. The lowest BCUT2D eigenvalue weighted by atomic mass is 9.83. The number of fused-ring (bicyclic) bond motifs is 7. The first-order valence-electron chi connectivity index (χ1n) is 21.6. The van der Waals surface area contributed by atoms with Gasteiger partial charge in [-0.1, -0.05) is 107 Å². The van der Waals surface area contributed by atoms with Crippen molar-refractivity contribution in [1.29, 1.82) is 0 Å². The number of hydrogen-bond donors (Lipinski definition) is 0. The van der Waals surface area contributed by atoms with Crippen LogP contribution in [0.15, 0.2) is 101 Å². The maximum Gasteiger partial charge on any atom is 0.227 e. The van der Waals surface area contributed by atoms with Gasteiger partial charge in [0.1, 0.15) is 6.04 Å². The van der Waals surface area contributed by atoms with Crippen molar-refractivity contribution < 1.29 is 8.98 Å². The second kappa shape index (κ2) is 15.8. The highest BCUT2D eigenvalue weighted by molar-refractivity contribution is 6.83. The van der Waals surface area contributed by atoms with Gasteiger partial charge in [0.25, 0.3) is 0 Å². The van der Waals surface area contributed by atoms with Crippen LogP contribution in [0.5, 0.6) is 0 Å². The smallest absolute Gasteiger partial charge is 0.227 e. The van der Waals surface area contributed by atoms with Crippen LogP contribution in [-0.4, -0.2) is 30.0 Å². The van der Waals surface area contributed by atoms with Crippen molar-refractivity contribution in [3.8, 4) is 22.5 Å². The van der Waals surface area contributed by atoms with E-state index in [-0.39, 0.29) is 23.4 Å². The maximum atomic E-state index is 7.13. The minimum absolute atomic E-state index is 0.0179. The van der Waals surface area contributed by atoms with Crippen LogP contribution in [0.4, 0.5) is 0 Å². The summed E-state index contributed by atoms with van der Waals surface area (Å²) >= 11 is 0. The van der Waals surface area contributed by atoms with Crippen LogP contribution >= 0.6 is 0 Å². The van der Waals surface area contributed by atoms with E-state index >= 15 is 0 Å². The molecule has 4 nitrogen and oxygen atoms in total. The molecule has 0 bridgehead atoms. The van der Waals surface area contributed by atoms with Crippen LogP contribution in [0.1, 0.15) is 99.2 Å². The predicted molar refractivity (Wildman–Crippen MR) is 250 cm³/mol. The number of rotatable bonds is 8. The van der Waals surface area contributed by atoms with Crippen molar-refractivity contribution in [3.63, 3.8) is 0 Å². The van der Waals surface area contributed by atoms with E-state index in [1.165, 1.54) is 44.5 Å². The number of pyridine rings is 2. The van der Waals surface area contributed by atoms with Gasteiger partial charge in [0.15, 0.2) is 11.8 Å². The number of nitrogens with zero attached hydrogens (tertiary/aromatic N) is 3. The second-order valence-electron chi connectivity index (χ2n) is 19.7. The summed E-state index contributed by atoms with van der Waals surface area (Å²) in [5.74, 6) is 0.199. The lowest BCUT2D eigenvalue weighted by Gasteiger charge is -2.39. The summed E-state index contributed by atoms with van der Waals surface area (Å²) in [7, 11) is -1.59. The molecule has 4 heterocycles. The number of aryl methyl sites for hydroxylation is 5. The third kappa shape index (κ3) is 7.99. The van der Waals surface area contributed by atoms with Crippen LogP contribution in [0.2, 0.25) is 19.6 Å². The van der Waals surface area contributed by atoms with Crippen LogP contribution in [0.3, 0.4) is 0 Å². The van der Waals surface area contributed by atoms with Gasteiger partial charge in [-0.3, -0.25) is 0 Å². The molecule has 0 spiro atoms. The number of furan rings is 1. The average molecular weight is 789 g/mol. The van der Waals surface area contributed by atoms with Crippen molar-refractivity contribution >= 4 is 35.8 Å². The molecular formula is C53H66N3OSi+. The quantitative estimate of drug-likeness (QED) is 0.114. The molecule has 0 radical (unpaired) electrons. The van der Waals surface area contributed by atoms with Gasteiger partial charge in [0.2, 0.25) is 17.1 Å². The molecule has 0 saturated carbocycles. The predicted octanol–water partition coefficient (Wildman–Crippen LogP) is 13.9. The topological polar surface area (TPSA) is 33.2 Å². The monoisotopic (exact) mass is 788 g/mol. The van der Waals surface area contributed by atoms with E-state index in [0.717, 1.165) is 64.7 Å². The van der Waals surface area contributed by atoms with E-state index in [2.05, 4.69) is 184 Å². The summed E-state index contributed by atoms with van der Waals surface area (Å²) in [6, 6.07) is 27.6. The van der Waals surface area contributed by atoms with E-state index < -0.39 is 8.07 Å². The number of aromatic nitrogens is 2. The first kappa shape index (κ1) is 41.4. The molecule has 1 aliphatic rings. The minimum Gasteiger partial charge on any atom is -0.437 e. The summed E-state index contributed by atoms with van der Waals surface area (Å²) in [5, 5.41) is 3.79. The van der Waals surface area contributed by atoms with Crippen LogP contribution in [0.25, 0.3) is 50.3 Å². The van der Waals surface area contributed by atoms with Crippen LogP contribution < -0.4 is 4.57 Å². The Bertz CT molecular complexity index is 2520. The molecule has 3 aromatic carbocycles. The van der Waals surface area contributed by atoms with Gasteiger partial charge in [-0.15, -0.1) is 0 Å². The molecule has 0 aliphatic carbocycles. The molecule has 6 aromatic rings. The third-order valence-electron chi connectivity index (χ3n) is 12.4. The molecule has 0 N–H and O–H groups in total. The summed E-state index contributed by atoms with van der Waals surface area (Å²) < 4.78 is 9.54. The number of allylic oxidation sites excluding steroid dienone is 1. The Kier molecular flexibility index (Phi) is 11.3. The lowest BCUT2D eigenvalue weighted by molar-refractivity contribution is -0.573. The van der Waals surface area contributed by atoms with E-state index in [1.54, 1.807) is 5.20 Å². The molecule has 7 rings (SSSR count). The van der Waals surface area contributed by atoms with Crippen LogP contribution in [0, 0.1) is 33.1 Å². The van der Waals surface area contributed by atoms with Crippen LogP contribution in [-0.2, 0) is 12.8 Å².